The lowest BCUT2D eigenvalue weighted by atomic mass is 10.1. The molecule has 5 heteroatoms. The SMILES string of the molecule is CCC(CSC)NC(=O)c1cc(Cl)nc(C(C)C)c1. The Kier molecular flexibility index (Phi) is 6.66. The Bertz CT molecular complexity index is 437. The predicted octanol–water partition coefficient (Wildman–Crippen LogP) is 3.73. The van der Waals surface area contributed by atoms with Gasteiger partial charge in [0.25, 0.3) is 5.91 Å². The van der Waals surface area contributed by atoms with Crippen LogP contribution in [0.4, 0.5) is 0 Å². The Morgan fingerprint density at radius 2 is 2.16 bits per heavy atom. The number of rotatable bonds is 6. The summed E-state index contributed by atoms with van der Waals surface area (Å²) in [4.78, 5) is 16.4. The zero-order valence-electron chi connectivity index (χ0n) is 11.9. The van der Waals surface area contributed by atoms with Crippen molar-refractivity contribution in [2.45, 2.75) is 39.2 Å². The fourth-order valence-corrected chi connectivity index (χ4v) is 2.61. The minimum absolute atomic E-state index is 0.0768. The van der Waals surface area contributed by atoms with Crippen LogP contribution in [0.5, 0.6) is 0 Å². The van der Waals surface area contributed by atoms with E-state index in [-0.39, 0.29) is 17.9 Å². The Balaban J connectivity index is 2.87. The van der Waals surface area contributed by atoms with E-state index in [0.29, 0.717) is 10.7 Å². The van der Waals surface area contributed by atoms with Crippen molar-refractivity contribution >= 4 is 29.3 Å². The molecule has 0 bridgehead atoms. The van der Waals surface area contributed by atoms with Crippen molar-refractivity contribution in [3.8, 4) is 0 Å². The van der Waals surface area contributed by atoms with Gasteiger partial charge in [0.2, 0.25) is 0 Å². The van der Waals surface area contributed by atoms with E-state index in [9.17, 15) is 4.79 Å². The highest BCUT2D eigenvalue weighted by atomic mass is 35.5. The van der Waals surface area contributed by atoms with Gasteiger partial charge in [0.15, 0.2) is 0 Å². The van der Waals surface area contributed by atoms with Crippen molar-refractivity contribution in [1.29, 1.82) is 0 Å². The average molecular weight is 301 g/mol. The second-order valence-corrected chi connectivity index (χ2v) is 6.09. The van der Waals surface area contributed by atoms with Crippen LogP contribution in [0, 0.1) is 0 Å². The Morgan fingerprint density at radius 3 is 2.68 bits per heavy atom. The van der Waals surface area contributed by atoms with E-state index in [2.05, 4.69) is 17.2 Å². The fourth-order valence-electron chi connectivity index (χ4n) is 1.68. The summed E-state index contributed by atoms with van der Waals surface area (Å²) in [6.07, 6.45) is 2.96. The number of nitrogens with zero attached hydrogens (tertiary/aromatic N) is 1. The normalized spacial score (nSPS) is 12.5. The maximum Gasteiger partial charge on any atom is 0.251 e. The highest BCUT2D eigenvalue weighted by Gasteiger charge is 2.14. The molecule has 1 N–H and O–H groups in total. The maximum absolute atomic E-state index is 12.2. The van der Waals surface area contributed by atoms with E-state index in [1.165, 1.54) is 0 Å². The molecule has 19 heavy (non-hydrogen) atoms. The molecule has 106 valence electrons. The van der Waals surface area contributed by atoms with Crippen LogP contribution in [-0.2, 0) is 0 Å². The smallest absolute Gasteiger partial charge is 0.251 e. The van der Waals surface area contributed by atoms with Gasteiger partial charge in [-0.3, -0.25) is 4.79 Å². The molecule has 0 fully saturated rings. The van der Waals surface area contributed by atoms with Crippen molar-refractivity contribution in [2.24, 2.45) is 0 Å². The zero-order valence-corrected chi connectivity index (χ0v) is 13.4. The lowest BCUT2D eigenvalue weighted by Crippen LogP contribution is -2.36. The molecule has 1 amide bonds. The van der Waals surface area contributed by atoms with Crippen LogP contribution in [0.1, 0.15) is 49.2 Å². The molecule has 1 atom stereocenters. The number of halogens is 1. The highest BCUT2D eigenvalue weighted by molar-refractivity contribution is 7.98. The molecule has 0 aliphatic rings. The van der Waals surface area contributed by atoms with Gasteiger partial charge in [-0.15, -0.1) is 0 Å². The van der Waals surface area contributed by atoms with Crippen LogP contribution in [0.3, 0.4) is 0 Å². The molecule has 0 radical (unpaired) electrons. The van der Waals surface area contributed by atoms with Gasteiger partial charge in [-0.1, -0.05) is 32.4 Å². The number of hydrogen-bond donors (Lipinski definition) is 1. The second kappa shape index (κ2) is 7.75. The summed E-state index contributed by atoms with van der Waals surface area (Å²) in [5.74, 6) is 1.09. The van der Waals surface area contributed by atoms with Crippen LogP contribution in [0.25, 0.3) is 0 Å². The van der Waals surface area contributed by atoms with E-state index in [1.54, 1.807) is 17.8 Å². The molecular formula is C14H21ClN2OS. The summed E-state index contributed by atoms with van der Waals surface area (Å²) >= 11 is 7.70. The first-order valence-corrected chi connectivity index (χ1v) is 8.22. The largest absolute Gasteiger partial charge is 0.348 e. The molecule has 0 aromatic carbocycles. The van der Waals surface area contributed by atoms with Crippen molar-refractivity contribution in [3.63, 3.8) is 0 Å². The molecule has 1 aromatic rings. The molecule has 3 nitrogen and oxygen atoms in total. The summed E-state index contributed by atoms with van der Waals surface area (Å²) in [7, 11) is 0. The first-order valence-electron chi connectivity index (χ1n) is 6.45. The zero-order chi connectivity index (χ0) is 14.4. The molecular weight excluding hydrogens is 280 g/mol. The van der Waals surface area contributed by atoms with Crippen LogP contribution in [0.15, 0.2) is 12.1 Å². The summed E-state index contributed by atoms with van der Waals surface area (Å²) in [5, 5.41) is 3.40. The number of carbonyl (C=O) groups excluding carboxylic acids is 1. The summed E-state index contributed by atoms with van der Waals surface area (Å²) in [6, 6.07) is 3.63. The number of nitrogens with one attached hydrogen (secondary N) is 1. The van der Waals surface area contributed by atoms with Crippen LogP contribution in [0.2, 0.25) is 5.15 Å². The first kappa shape index (κ1) is 16.3. The molecule has 0 spiro atoms. The third-order valence-electron chi connectivity index (χ3n) is 2.86. The molecule has 0 aliphatic heterocycles. The summed E-state index contributed by atoms with van der Waals surface area (Å²) in [6.45, 7) is 6.13. The molecule has 0 saturated carbocycles. The number of hydrogen-bond acceptors (Lipinski definition) is 3. The van der Waals surface area contributed by atoms with Crippen molar-refractivity contribution in [2.75, 3.05) is 12.0 Å². The lowest BCUT2D eigenvalue weighted by Gasteiger charge is -2.16. The Labute approximate surface area is 124 Å². The number of amides is 1. The van der Waals surface area contributed by atoms with Gasteiger partial charge in [0.05, 0.1) is 0 Å². The summed E-state index contributed by atoms with van der Waals surface area (Å²) in [5.41, 5.74) is 1.43. The van der Waals surface area contributed by atoms with Crippen LogP contribution in [-0.4, -0.2) is 28.9 Å². The number of carbonyl (C=O) groups is 1. The fraction of sp³-hybridized carbons (Fsp3) is 0.571. The molecule has 1 rings (SSSR count). The Morgan fingerprint density at radius 1 is 1.47 bits per heavy atom. The minimum Gasteiger partial charge on any atom is -0.348 e. The quantitative estimate of drug-likeness (QED) is 0.814. The maximum atomic E-state index is 12.2. The third kappa shape index (κ3) is 5.03. The van der Waals surface area contributed by atoms with E-state index >= 15 is 0 Å². The molecule has 0 saturated heterocycles. The van der Waals surface area contributed by atoms with Gasteiger partial charge >= 0.3 is 0 Å². The Hall–Kier alpha value is -0.740. The van der Waals surface area contributed by atoms with Gasteiger partial charge < -0.3 is 5.32 Å². The van der Waals surface area contributed by atoms with Crippen molar-refractivity contribution in [3.05, 3.63) is 28.5 Å². The van der Waals surface area contributed by atoms with Gasteiger partial charge in [-0.25, -0.2) is 4.98 Å². The van der Waals surface area contributed by atoms with Gasteiger partial charge in [-0.05, 0) is 30.7 Å². The van der Waals surface area contributed by atoms with Crippen LogP contribution >= 0.6 is 23.4 Å². The number of thioether (sulfide) groups is 1. The molecule has 1 aromatic heterocycles. The van der Waals surface area contributed by atoms with Gasteiger partial charge in [0.1, 0.15) is 5.15 Å². The van der Waals surface area contributed by atoms with Gasteiger partial charge in [0, 0.05) is 23.1 Å². The van der Waals surface area contributed by atoms with Crippen LogP contribution < -0.4 is 5.32 Å². The third-order valence-corrected chi connectivity index (χ3v) is 3.79. The monoisotopic (exact) mass is 300 g/mol. The number of pyridine rings is 1. The molecule has 0 aliphatic carbocycles. The highest BCUT2D eigenvalue weighted by Crippen LogP contribution is 2.18. The van der Waals surface area contributed by atoms with E-state index in [1.807, 2.05) is 26.2 Å². The van der Waals surface area contributed by atoms with Crippen molar-refractivity contribution in [1.82, 2.24) is 10.3 Å². The first-order chi connectivity index (χ1) is 8.97. The summed E-state index contributed by atoms with van der Waals surface area (Å²) < 4.78 is 0. The molecule has 1 heterocycles. The minimum atomic E-state index is -0.0768. The van der Waals surface area contributed by atoms with Crippen molar-refractivity contribution < 1.29 is 4.79 Å². The molecule has 1 unspecified atom stereocenters. The lowest BCUT2D eigenvalue weighted by molar-refractivity contribution is 0.0940. The van der Waals surface area contributed by atoms with E-state index < -0.39 is 0 Å². The standard InChI is InChI=1S/C14H21ClN2OS/c1-5-11(8-19-4)16-14(18)10-6-12(9(2)3)17-13(15)7-10/h6-7,9,11H,5,8H2,1-4H3,(H,16,18). The van der Waals surface area contributed by atoms with E-state index in [0.717, 1.165) is 17.9 Å². The second-order valence-electron chi connectivity index (χ2n) is 4.79. The van der Waals surface area contributed by atoms with Gasteiger partial charge in [-0.2, -0.15) is 11.8 Å². The average Bonchev–Trinajstić information content (AvgIpc) is 2.37. The number of aromatic nitrogens is 1. The predicted molar refractivity (Wildman–Crippen MR) is 83.3 cm³/mol. The topological polar surface area (TPSA) is 42.0 Å². The van der Waals surface area contributed by atoms with E-state index in [4.69, 9.17) is 11.6 Å².